The number of rotatable bonds is 6. The highest BCUT2D eigenvalue weighted by Gasteiger charge is 2.21. The number of methoxy groups -OCH3 is 1. The second-order valence-electron chi connectivity index (χ2n) is 5.58. The maximum atomic E-state index is 13.8. The second-order valence-corrected chi connectivity index (χ2v) is 7.29. The molecule has 134 valence electrons. The summed E-state index contributed by atoms with van der Waals surface area (Å²) < 4.78 is 46.1. The minimum absolute atomic E-state index is 0.0726. The van der Waals surface area contributed by atoms with Crippen LogP contribution < -0.4 is 15.2 Å². The molecule has 0 bridgehead atoms. The molecule has 2 aromatic rings. The number of primary amides is 1. The predicted molar refractivity (Wildman–Crippen MR) is 91.4 cm³/mol. The van der Waals surface area contributed by atoms with E-state index in [9.17, 15) is 17.6 Å². The molecule has 0 aliphatic heterocycles. The molecule has 0 aromatic heterocycles. The van der Waals surface area contributed by atoms with E-state index in [-0.39, 0.29) is 16.2 Å². The Balaban J connectivity index is 2.30. The number of hydrogen-bond donors (Lipinski definition) is 2. The van der Waals surface area contributed by atoms with Gasteiger partial charge in [-0.2, -0.15) is 0 Å². The van der Waals surface area contributed by atoms with Crippen LogP contribution in [0, 0.1) is 12.7 Å². The van der Waals surface area contributed by atoms with Crippen LogP contribution in [0.2, 0.25) is 0 Å². The highest BCUT2D eigenvalue weighted by molar-refractivity contribution is 7.89. The minimum Gasteiger partial charge on any atom is -0.494 e. The number of ether oxygens (including phenoxy) is 1. The van der Waals surface area contributed by atoms with Crippen LogP contribution in [-0.4, -0.2) is 21.4 Å². The average Bonchev–Trinajstić information content (AvgIpc) is 2.54. The summed E-state index contributed by atoms with van der Waals surface area (Å²) in [6.45, 7) is 3.24. The second kappa shape index (κ2) is 7.20. The standard InChI is InChI=1S/C17H19FN2O4S/c1-10-4-6-13(9-14(10)17(19)21)25(22,23)20-11(2)12-5-7-16(24-3)15(18)8-12/h4-9,11,20H,1-3H3,(H2,19,21). The van der Waals surface area contributed by atoms with Gasteiger partial charge < -0.3 is 10.5 Å². The number of carbonyl (C=O) groups is 1. The maximum Gasteiger partial charge on any atom is 0.249 e. The summed E-state index contributed by atoms with van der Waals surface area (Å²) in [5, 5.41) is 0. The van der Waals surface area contributed by atoms with Crippen LogP contribution in [0.3, 0.4) is 0 Å². The number of hydrogen-bond acceptors (Lipinski definition) is 4. The van der Waals surface area contributed by atoms with Crippen molar-refractivity contribution in [1.82, 2.24) is 4.72 Å². The monoisotopic (exact) mass is 366 g/mol. The summed E-state index contributed by atoms with van der Waals surface area (Å²) in [4.78, 5) is 11.3. The molecule has 1 unspecified atom stereocenters. The summed E-state index contributed by atoms with van der Waals surface area (Å²) in [5.74, 6) is -1.22. The van der Waals surface area contributed by atoms with Gasteiger partial charge in [0.2, 0.25) is 15.9 Å². The van der Waals surface area contributed by atoms with Crippen molar-refractivity contribution in [1.29, 1.82) is 0 Å². The van der Waals surface area contributed by atoms with E-state index in [1.807, 2.05) is 0 Å². The fourth-order valence-electron chi connectivity index (χ4n) is 2.35. The summed E-state index contributed by atoms with van der Waals surface area (Å²) in [6.07, 6.45) is 0. The quantitative estimate of drug-likeness (QED) is 0.819. The predicted octanol–water partition coefficient (Wildman–Crippen LogP) is 2.28. The van der Waals surface area contributed by atoms with Crippen LogP contribution in [0.15, 0.2) is 41.3 Å². The normalized spacial score (nSPS) is 12.6. The van der Waals surface area contributed by atoms with Crippen LogP contribution in [-0.2, 0) is 10.0 Å². The summed E-state index contributed by atoms with van der Waals surface area (Å²) in [5.41, 5.74) is 6.40. The molecule has 0 radical (unpaired) electrons. The Morgan fingerprint density at radius 3 is 2.48 bits per heavy atom. The van der Waals surface area contributed by atoms with Gasteiger partial charge in [-0.3, -0.25) is 4.79 Å². The smallest absolute Gasteiger partial charge is 0.249 e. The number of sulfonamides is 1. The molecular formula is C17H19FN2O4S. The molecule has 0 heterocycles. The number of halogens is 1. The van der Waals surface area contributed by atoms with Gasteiger partial charge >= 0.3 is 0 Å². The molecule has 3 N–H and O–H groups in total. The molecular weight excluding hydrogens is 347 g/mol. The van der Waals surface area contributed by atoms with Gasteiger partial charge in [-0.05, 0) is 49.2 Å². The lowest BCUT2D eigenvalue weighted by atomic mass is 10.1. The van der Waals surface area contributed by atoms with Gasteiger partial charge in [-0.1, -0.05) is 12.1 Å². The van der Waals surface area contributed by atoms with Crippen molar-refractivity contribution in [3.05, 3.63) is 58.9 Å². The Kier molecular flexibility index (Phi) is 5.44. The zero-order valence-corrected chi connectivity index (χ0v) is 14.9. The van der Waals surface area contributed by atoms with E-state index in [1.165, 1.54) is 37.4 Å². The lowest BCUT2D eigenvalue weighted by molar-refractivity contribution is 0.0999. The van der Waals surface area contributed by atoms with Crippen molar-refractivity contribution in [2.45, 2.75) is 24.8 Å². The number of carbonyl (C=O) groups excluding carboxylic acids is 1. The third-order valence-electron chi connectivity index (χ3n) is 3.79. The van der Waals surface area contributed by atoms with Crippen molar-refractivity contribution >= 4 is 15.9 Å². The van der Waals surface area contributed by atoms with Crippen molar-refractivity contribution in [3.63, 3.8) is 0 Å². The molecule has 6 nitrogen and oxygen atoms in total. The molecule has 0 saturated heterocycles. The summed E-state index contributed by atoms with van der Waals surface area (Å²) >= 11 is 0. The Morgan fingerprint density at radius 1 is 1.24 bits per heavy atom. The molecule has 0 aliphatic rings. The fourth-order valence-corrected chi connectivity index (χ4v) is 3.61. The first-order valence-corrected chi connectivity index (χ1v) is 8.90. The van der Waals surface area contributed by atoms with Gasteiger partial charge in [0, 0.05) is 11.6 Å². The molecule has 1 atom stereocenters. The summed E-state index contributed by atoms with van der Waals surface area (Å²) in [6, 6.07) is 7.62. The van der Waals surface area contributed by atoms with Gasteiger partial charge in [0.25, 0.3) is 0 Å². The Labute approximate surface area is 145 Å². The van der Waals surface area contributed by atoms with Gasteiger partial charge in [0.15, 0.2) is 11.6 Å². The highest BCUT2D eigenvalue weighted by Crippen LogP contribution is 2.23. The lowest BCUT2D eigenvalue weighted by Gasteiger charge is -2.16. The van der Waals surface area contributed by atoms with Gasteiger partial charge in [0.1, 0.15) is 0 Å². The van der Waals surface area contributed by atoms with E-state index in [0.717, 1.165) is 0 Å². The molecule has 0 spiro atoms. The van der Waals surface area contributed by atoms with Crippen LogP contribution in [0.25, 0.3) is 0 Å². The third kappa shape index (κ3) is 4.15. The van der Waals surface area contributed by atoms with E-state index in [2.05, 4.69) is 4.72 Å². The molecule has 2 rings (SSSR count). The zero-order chi connectivity index (χ0) is 18.8. The number of nitrogens with one attached hydrogen (secondary N) is 1. The fraction of sp³-hybridized carbons (Fsp3) is 0.235. The van der Waals surface area contributed by atoms with E-state index >= 15 is 0 Å². The maximum absolute atomic E-state index is 13.8. The van der Waals surface area contributed by atoms with E-state index in [0.29, 0.717) is 11.1 Å². The van der Waals surface area contributed by atoms with Crippen LogP contribution in [0.4, 0.5) is 4.39 Å². The number of aryl methyl sites for hydroxylation is 1. The topological polar surface area (TPSA) is 98.5 Å². The first-order valence-electron chi connectivity index (χ1n) is 7.42. The van der Waals surface area contributed by atoms with Crippen molar-refractivity contribution < 1.29 is 22.3 Å². The first-order chi connectivity index (χ1) is 11.7. The average molecular weight is 366 g/mol. The van der Waals surface area contributed by atoms with Crippen LogP contribution in [0.1, 0.15) is 34.5 Å². The van der Waals surface area contributed by atoms with Gasteiger partial charge in [0.05, 0.1) is 12.0 Å². The van der Waals surface area contributed by atoms with Crippen molar-refractivity contribution in [2.75, 3.05) is 7.11 Å². The Morgan fingerprint density at radius 2 is 1.92 bits per heavy atom. The third-order valence-corrected chi connectivity index (χ3v) is 5.33. The molecule has 25 heavy (non-hydrogen) atoms. The largest absolute Gasteiger partial charge is 0.494 e. The van der Waals surface area contributed by atoms with E-state index in [4.69, 9.17) is 10.5 Å². The molecule has 0 aliphatic carbocycles. The van der Waals surface area contributed by atoms with E-state index < -0.39 is 27.8 Å². The minimum atomic E-state index is -3.92. The Hall–Kier alpha value is -2.45. The lowest BCUT2D eigenvalue weighted by Crippen LogP contribution is -2.27. The zero-order valence-electron chi connectivity index (χ0n) is 14.0. The van der Waals surface area contributed by atoms with Crippen molar-refractivity contribution in [2.24, 2.45) is 5.73 Å². The molecule has 8 heteroatoms. The van der Waals surface area contributed by atoms with Gasteiger partial charge in [-0.25, -0.2) is 17.5 Å². The SMILES string of the molecule is COc1ccc(C(C)NS(=O)(=O)c2ccc(C)c(C(N)=O)c2)cc1F. The molecule has 1 amide bonds. The Bertz CT molecular complexity index is 913. The van der Waals surface area contributed by atoms with Crippen LogP contribution >= 0.6 is 0 Å². The van der Waals surface area contributed by atoms with Crippen molar-refractivity contribution in [3.8, 4) is 5.75 Å². The number of benzene rings is 2. The molecule has 0 saturated carbocycles. The number of nitrogens with two attached hydrogens (primary N) is 1. The van der Waals surface area contributed by atoms with Gasteiger partial charge in [-0.15, -0.1) is 0 Å². The van der Waals surface area contributed by atoms with Crippen LogP contribution in [0.5, 0.6) is 5.75 Å². The highest BCUT2D eigenvalue weighted by atomic mass is 32.2. The summed E-state index contributed by atoms with van der Waals surface area (Å²) in [7, 11) is -2.58. The molecule has 0 fully saturated rings. The molecule has 2 aromatic carbocycles. The first kappa shape index (κ1) is 18.9. The number of amides is 1. The van der Waals surface area contributed by atoms with E-state index in [1.54, 1.807) is 19.9 Å².